The van der Waals surface area contributed by atoms with Crippen molar-refractivity contribution < 1.29 is 14.3 Å². The topological polar surface area (TPSA) is 50.8 Å². The Morgan fingerprint density at radius 2 is 1.63 bits per heavy atom. The average molecular weight is 264 g/mol. The molecule has 1 heterocycles. The Kier molecular flexibility index (Phi) is 4.49. The number of hydrogen-bond acceptors (Lipinski definition) is 3. The van der Waals surface area contributed by atoms with Crippen LogP contribution in [0.3, 0.4) is 0 Å². The van der Waals surface area contributed by atoms with E-state index in [-0.39, 0.29) is 6.03 Å². The number of ether oxygens (including phenoxy) is 2. The molecular formula is C14H20N2O3. The van der Waals surface area contributed by atoms with Crippen LogP contribution in [0.4, 0.5) is 10.5 Å². The van der Waals surface area contributed by atoms with Gasteiger partial charge in [-0.15, -0.1) is 0 Å². The lowest BCUT2D eigenvalue weighted by atomic mass is 10.1. The van der Waals surface area contributed by atoms with E-state index in [9.17, 15) is 4.79 Å². The van der Waals surface area contributed by atoms with Gasteiger partial charge < -0.3 is 19.7 Å². The van der Waals surface area contributed by atoms with E-state index >= 15 is 0 Å². The molecule has 0 saturated carbocycles. The van der Waals surface area contributed by atoms with Crippen LogP contribution >= 0.6 is 0 Å². The minimum atomic E-state index is -0.0602. The van der Waals surface area contributed by atoms with E-state index in [1.54, 1.807) is 32.4 Å². The van der Waals surface area contributed by atoms with E-state index in [1.165, 1.54) is 6.42 Å². The fourth-order valence-corrected chi connectivity index (χ4v) is 2.18. The zero-order valence-corrected chi connectivity index (χ0v) is 11.4. The van der Waals surface area contributed by atoms with Gasteiger partial charge >= 0.3 is 6.03 Å². The monoisotopic (exact) mass is 264 g/mol. The molecule has 5 nitrogen and oxygen atoms in total. The molecule has 1 aliphatic rings. The third-order valence-electron chi connectivity index (χ3n) is 3.25. The molecule has 0 atom stereocenters. The van der Waals surface area contributed by atoms with Crippen molar-refractivity contribution in [2.75, 3.05) is 32.6 Å². The molecule has 1 aromatic rings. The van der Waals surface area contributed by atoms with Crippen LogP contribution < -0.4 is 14.8 Å². The summed E-state index contributed by atoms with van der Waals surface area (Å²) in [6, 6.07) is 5.28. The summed E-state index contributed by atoms with van der Waals surface area (Å²) in [5, 5.41) is 2.89. The van der Waals surface area contributed by atoms with E-state index < -0.39 is 0 Å². The first-order valence-corrected chi connectivity index (χ1v) is 6.52. The van der Waals surface area contributed by atoms with Crippen molar-refractivity contribution in [3.05, 3.63) is 18.2 Å². The summed E-state index contributed by atoms with van der Waals surface area (Å²) < 4.78 is 10.4. The van der Waals surface area contributed by atoms with Gasteiger partial charge in [0.25, 0.3) is 0 Å². The first-order valence-electron chi connectivity index (χ1n) is 6.52. The molecule has 1 saturated heterocycles. The predicted octanol–water partition coefficient (Wildman–Crippen LogP) is 2.72. The van der Waals surface area contributed by atoms with Crippen molar-refractivity contribution in [3.63, 3.8) is 0 Å². The predicted molar refractivity (Wildman–Crippen MR) is 74.0 cm³/mol. The number of hydrogen-bond donors (Lipinski definition) is 1. The van der Waals surface area contributed by atoms with Crippen molar-refractivity contribution in [3.8, 4) is 11.5 Å². The van der Waals surface area contributed by atoms with E-state index in [2.05, 4.69) is 5.32 Å². The minimum absolute atomic E-state index is 0.0602. The standard InChI is InChI=1S/C14H20N2O3/c1-18-12-8-11(9-13(10-12)19-2)15-14(17)16-6-4-3-5-7-16/h8-10H,3-7H2,1-2H3,(H,15,17). The van der Waals surface area contributed by atoms with Crippen molar-refractivity contribution in [2.45, 2.75) is 19.3 Å². The number of urea groups is 1. The third kappa shape index (κ3) is 3.53. The third-order valence-corrected chi connectivity index (χ3v) is 3.25. The highest BCUT2D eigenvalue weighted by Gasteiger charge is 2.16. The Morgan fingerprint density at radius 3 is 2.16 bits per heavy atom. The van der Waals surface area contributed by atoms with Gasteiger partial charge in [-0.05, 0) is 19.3 Å². The van der Waals surface area contributed by atoms with Crippen LogP contribution in [0, 0.1) is 0 Å². The van der Waals surface area contributed by atoms with Gasteiger partial charge in [0.15, 0.2) is 0 Å². The van der Waals surface area contributed by atoms with Crippen LogP contribution in [0.25, 0.3) is 0 Å². The number of amides is 2. The first kappa shape index (κ1) is 13.5. The molecule has 2 rings (SSSR count). The molecule has 0 radical (unpaired) electrons. The lowest BCUT2D eigenvalue weighted by molar-refractivity contribution is 0.200. The number of likely N-dealkylation sites (tertiary alicyclic amines) is 1. The van der Waals surface area contributed by atoms with Gasteiger partial charge in [-0.2, -0.15) is 0 Å². The zero-order chi connectivity index (χ0) is 13.7. The van der Waals surface area contributed by atoms with Gasteiger partial charge in [-0.3, -0.25) is 0 Å². The number of benzene rings is 1. The number of piperidine rings is 1. The quantitative estimate of drug-likeness (QED) is 0.913. The van der Waals surface area contributed by atoms with Gasteiger partial charge in [0.05, 0.1) is 14.2 Å². The second-order valence-electron chi connectivity index (χ2n) is 4.58. The largest absolute Gasteiger partial charge is 0.497 e. The van der Waals surface area contributed by atoms with Crippen LogP contribution in [-0.2, 0) is 0 Å². The number of carbonyl (C=O) groups is 1. The van der Waals surface area contributed by atoms with Gasteiger partial charge in [0, 0.05) is 37.0 Å². The molecule has 1 N–H and O–H groups in total. The fraction of sp³-hybridized carbons (Fsp3) is 0.500. The Labute approximate surface area is 113 Å². The number of anilines is 1. The zero-order valence-electron chi connectivity index (χ0n) is 11.4. The van der Waals surface area contributed by atoms with E-state index in [0.717, 1.165) is 25.9 Å². The highest BCUT2D eigenvalue weighted by molar-refractivity contribution is 5.89. The van der Waals surface area contributed by atoms with Crippen LogP contribution in [0.2, 0.25) is 0 Å². The highest BCUT2D eigenvalue weighted by Crippen LogP contribution is 2.26. The van der Waals surface area contributed by atoms with Crippen molar-refractivity contribution in [1.82, 2.24) is 4.90 Å². The molecule has 1 fully saturated rings. The van der Waals surface area contributed by atoms with E-state index in [0.29, 0.717) is 17.2 Å². The minimum Gasteiger partial charge on any atom is -0.497 e. The molecule has 5 heteroatoms. The molecule has 0 spiro atoms. The molecule has 0 bridgehead atoms. The number of carbonyl (C=O) groups excluding carboxylic acids is 1. The smallest absolute Gasteiger partial charge is 0.321 e. The molecule has 0 unspecified atom stereocenters. The summed E-state index contributed by atoms with van der Waals surface area (Å²) in [6.07, 6.45) is 3.36. The summed E-state index contributed by atoms with van der Waals surface area (Å²) >= 11 is 0. The SMILES string of the molecule is COc1cc(NC(=O)N2CCCCC2)cc(OC)c1. The van der Waals surface area contributed by atoms with Crippen molar-refractivity contribution >= 4 is 11.7 Å². The lowest BCUT2D eigenvalue weighted by Gasteiger charge is -2.26. The molecule has 0 aliphatic carbocycles. The molecule has 2 amide bonds. The molecule has 0 aromatic heterocycles. The molecular weight excluding hydrogens is 244 g/mol. The van der Waals surface area contributed by atoms with E-state index in [1.807, 2.05) is 4.90 Å². The van der Waals surface area contributed by atoms with Crippen LogP contribution in [0.1, 0.15) is 19.3 Å². The van der Waals surface area contributed by atoms with Gasteiger partial charge in [0.2, 0.25) is 0 Å². The normalized spacial score (nSPS) is 14.9. The second-order valence-corrected chi connectivity index (χ2v) is 4.58. The van der Waals surface area contributed by atoms with Crippen molar-refractivity contribution in [2.24, 2.45) is 0 Å². The van der Waals surface area contributed by atoms with Crippen LogP contribution in [0.5, 0.6) is 11.5 Å². The summed E-state index contributed by atoms with van der Waals surface area (Å²) in [4.78, 5) is 13.9. The van der Waals surface area contributed by atoms with Gasteiger partial charge in [0.1, 0.15) is 11.5 Å². The fourth-order valence-electron chi connectivity index (χ4n) is 2.18. The summed E-state index contributed by atoms with van der Waals surface area (Å²) in [7, 11) is 3.18. The van der Waals surface area contributed by atoms with E-state index in [4.69, 9.17) is 9.47 Å². The van der Waals surface area contributed by atoms with Gasteiger partial charge in [-0.25, -0.2) is 4.79 Å². The Hall–Kier alpha value is -1.91. The maximum atomic E-state index is 12.1. The lowest BCUT2D eigenvalue weighted by Crippen LogP contribution is -2.38. The maximum Gasteiger partial charge on any atom is 0.321 e. The average Bonchev–Trinajstić information content (AvgIpc) is 2.47. The van der Waals surface area contributed by atoms with Crippen LogP contribution in [-0.4, -0.2) is 38.2 Å². The molecule has 104 valence electrons. The van der Waals surface area contributed by atoms with Crippen molar-refractivity contribution in [1.29, 1.82) is 0 Å². The summed E-state index contributed by atoms with van der Waals surface area (Å²) in [5.41, 5.74) is 0.687. The first-order chi connectivity index (χ1) is 9.22. The Bertz CT molecular complexity index is 420. The maximum absolute atomic E-state index is 12.1. The number of nitrogens with one attached hydrogen (secondary N) is 1. The number of rotatable bonds is 3. The number of nitrogens with zero attached hydrogens (tertiary/aromatic N) is 1. The molecule has 19 heavy (non-hydrogen) atoms. The van der Waals surface area contributed by atoms with Crippen LogP contribution in [0.15, 0.2) is 18.2 Å². The van der Waals surface area contributed by atoms with Gasteiger partial charge in [-0.1, -0.05) is 0 Å². The summed E-state index contributed by atoms with van der Waals surface area (Å²) in [6.45, 7) is 1.65. The number of methoxy groups -OCH3 is 2. The second kappa shape index (κ2) is 6.31. The Balaban J connectivity index is 2.06. The molecule has 1 aliphatic heterocycles. The summed E-state index contributed by atoms with van der Waals surface area (Å²) in [5.74, 6) is 1.32. The molecule has 1 aromatic carbocycles. The Morgan fingerprint density at radius 1 is 1.05 bits per heavy atom. The highest BCUT2D eigenvalue weighted by atomic mass is 16.5.